The average molecular weight is 338 g/mol. The molecule has 0 saturated heterocycles. The van der Waals surface area contributed by atoms with Gasteiger partial charge in [0.05, 0.1) is 19.3 Å². The van der Waals surface area contributed by atoms with Crippen molar-refractivity contribution in [3.05, 3.63) is 34.2 Å². The highest BCUT2D eigenvalue weighted by atomic mass is 16.3. The molecule has 0 fully saturated rings. The lowest BCUT2D eigenvalue weighted by molar-refractivity contribution is -0.133. The fourth-order valence-corrected chi connectivity index (χ4v) is 2.15. The van der Waals surface area contributed by atoms with E-state index in [1.54, 1.807) is 6.92 Å². The number of hydrogen-bond acceptors (Lipinski definition) is 8. The predicted octanol–water partition coefficient (Wildman–Crippen LogP) is 0.581. The number of benzene rings is 1. The van der Waals surface area contributed by atoms with Gasteiger partial charge >= 0.3 is 0 Å². The number of aliphatic hydroxyl groups is 2. The van der Waals surface area contributed by atoms with Crippen molar-refractivity contribution in [1.29, 1.82) is 0 Å². The van der Waals surface area contributed by atoms with Crippen LogP contribution in [0.2, 0.25) is 0 Å². The van der Waals surface area contributed by atoms with Crippen LogP contribution in [0.5, 0.6) is 5.75 Å². The third-order valence-corrected chi connectivity index (χ3v) is 3.87. The Morgan fingerprint density at radius 2 is 2.00 bits per heavy atom. The van der Waals surface area contributed by atoms with Crippen LogP contribution in [0.4, 0.5) is 0 Å². The van der Waals surface area contributed by atoms with Crippen molar-refractivity contribution in [2.45, 2.75) is 38.5 Å². The number of nitrogens with zero attached hydrogens (tertiary/aromatic N) is 1. The molecule has 0 aliphatic carbocycles. The molecule has 0 aliphatic rings. The first-order valence-corrected chi connectivity index (χ1v) is 7.52. The number of ketones is 2. The Hall–Kier alpha value is -2.16. The maximum absolute atomic E-state index is 12.0. The average Bonchev–Trinajstić information content (AvgIpc) is 2.60. The molecule has 0 radical (unpaired) electrons. The highest BCUT2D eigenvalue weighted by Gasteiger charge is 2.40. The minimum absolute atomic E-state index is 0.0172. The van der Waals surface area contributed by atoms with Crippen LogP contribution in [-0.4, -0.2) is 45.5 Å². The van der Waals surface area contributed by atoms with Crippen LogP contribution in [-0.2, 0) is 16.2 Å². The summed E-state index contributed by atoms with van der Waals surface area (Å²) < 4.78 is 0. The zero-order chi connectivity index (χ0) is 18.3. The lowest BCUT2D eigenvalue weighted by atomic mass is 9.90. The van der Waals surface area contributed by atoms with Crippen molar-refractivity contribution in [2.75, 3.05) is 13.1 Å². The molecule has 0 amide bonds. The Labute approximate surface area is 139 Å². The summed E-state index contributed by atoms with van der Waals surface area (Å²) >= 11 is 0. The Kier molecular flexibility index (Phi) is 7.15. The molecule has 0 aliphatic heterocycles. The van der Waals surface area contributed by atoms with Gasteiger partial charge in [-0.3, -0.25) is 9.59 Å². The summed E-state index contributed by atoms with van der Waals surface area (Å²) in [7, 11) is 0. The van der Waals surface area contributed by atoms with E-state index in [2.05, 4.69) is 10.5 Å². The molecular weight excluding hydrogens is 316 g/mol. The molecule has 1 rings (SSSR count). The SMILES string of the molecule is CCC(=O)C(C)(N=O)C(=O)CNCC(O)c1ccc(O)c(CO)c1. The molecular formula is C16H22N2O6. The summed E-state index contributed by atoms with van der Waals surface area (Å²) in [5.41, 5.74) is -1.21. The quantitative estimate of drug-likeness (QED) is 0.362. The number of aliphatic hydroxyl groups excluding tert-OH is 2. The number of Topliss-reactive ketones (excluding diaryl/α,β-unsaturated/α-hetero) is 2. The molecule has 2 unspecified atom stereocenters. The molecule has 1 aromatic rings. The number of phenols is 1. The standard InChI is InChI=1S/C16H22N2O6/c1-3-14(22)16(2,18-24)15(23)8-17-7-13(21)10-4-5-12(20)11(6-10)9-19/h4-6,13,17,19-21H,3,7-9H2,1-2H3. The van der Waals surface area contributed by atoms with Crippen molar-refractivity contribution in [3.8, 4) is 5.75 Å². The van der Waals surface area contributed by atoms with Gasteiger partial charge < -0.3 is 20.6 Å². The summed E-state index contributed by atoms with van der Waals surface area (Å²) in [6, 6.07) is 4.28. The Bertz CT molecular complexity index is 619. The van der Waals surface area contributed by atoms with Crippen LogP contribution >= 0.6 is 0 Å². The predicted molar refractivity (Wildman–Crippen MR) is 86.4 cm³/mol. The van der Waals surface area contributed by atoms with E-state index in [0.29, 0.717) is 5.56 Å². The number of hydrogen-bond donors (Lipinski definition) is 4. The third-order valence-electron chi connectivity index (χ3n) is 3.87. The topological polar surface area (TPSA) is 136 Å². The van der Waals surface area contributed by atoms with Crippen molar-refractivity contribution in [1.82, 2.24) is 5.32 Å². The van der Waals surface area contributed by atoms with Crippen LogP contribution in [0.15, 0.2) is 23.4 Å². The van der Waals surface area contributed by atoms with Gasteiger partial charge in [0.1, 0.15) is 5.75 Å². The van der Waals surface area contributed by atoms with Crippen molar-refractivity contribution >= 4 is 11.6 Å². The van der Waals surface area contributed by atoms with E-state index >= 15 is 0 Å². The fourth-order valence-electron chi connectivity index (χ4n) is 2.15. The molecule has 2 atom stereocenters. The number of rotatable bonds is 10. The first-order valence-electron chi connectivity index (χ1n) is 7.52. The van der Waals surface area contributed by atoms with Gasteiger partial charge in [-0.25, -0.2) is 0 Å². The smallest absolute Gasteiger partial charge is 0.216 e. The Balaban J connectivity index is 2.65. The van der Waals surface area contributed by atoms with Gasteiger partial charge in [0.2, 0.25) is 5.54 Å². The monoisotopic (exact) mass is 338 g/mol. The van der Waals surface area contributed by atoms with Crippen LogP contribution < -0.4 is 5.32 Å². The molecule has 0 aromatic heterocycles. The molecule has 0 heterocycles. The Morgan fingerprint density at radius 3 is 2.54 bits per heavy atom. The van der Waals surface area contributed by atoms with E-state index < -0.39 is 23.2 Å². The fraction of sp³-hybridized carbons (Fsp3) is 0.500. The highest BCUT2D eigenvalue weighted by molar-refractivity contribution is 6.11. The molecule has 1 aromatic carbocycles. The Morgan fingerprint density at radius 1 is 1.33 bits per heavy atom. The number of carbonyl (C=O) groups excluding carboxylic acids is 2. The van der Waals surface area contributed by atoms with E-state index in [4.69, 9.17) is 5.11 Å². The van der Waals surface area contributed by atoms with Gasteiger partial charge in [0, 0.05) is 18.5 Å². The second-order valence-corrected chi connectivity index (χ2v) is 5.56. The van der Waals surface area contributed by atoms with Crippen LogP contribution in [0.3, 0.4) is 0 Å². The summed E-state index contributed by atoms with van der Waals surface area (Å²) in [4.78, 5) is 34.6. The molecule has 0 spiro atoms. The normalized spacial score (nSPS) is 14.7. The van der Waals surface area contributed by atoms with Gasteiger partial charge in [-0.05, 0) is 29.8 Å². The van der Waals surface area contributed by atoms with Crippen molar-refractivity contribution in [3.63, 3.8) is 0 Å². The van der Waals surface area contributed by atoms with Gasteiger partial charge in [-0.15, -0.1) is 4.91 Å². The van der Waals surface area contributed by atoms with E-state index in [1.165, 1.54) is 25.1 Å². The summed E-state index contributed by atoms with van der Waals surface area (Å²) in [6.07, 6.45) is -0.977. The number of nitrogens with one attached hydrogen (secondary N) is 1. The van der Waals surface area contributed by atoms with Gasteiger partial charge in [0.25, 0.3) is 0 Å². The van der Waals surface area contributed by atoms with E-state index in [9.17, 15) is 24.7 Å². The number of carbonyl (C=O) groups is 2. The molecule has 0 bridgehead atoms. The lowest BCUT2D eigenvalue weighted by Gasteiger charge is -2.19. The lowest BCUT2D eigenvalue weighted by Crippen LogP contribution is -2.46. The van der Waals surface area contributed by atoms with E-state index in [1.807, 2.05) is 0 Å². The third kappa shape index (κ3) is 4.44. The van der Waals surface area contributed by atoms with Gasteiger partial charge in [0.15, 0.2) is 11.6 Å². The number of nitroso groups, excluding NO2 is 1. The second-order valence-electron chi connectivity index (χ2n) is 5.56. The largest absolute Gasteiger partial charge is 0.508 e. The summed E-state index contributed by atoms with van der Waals surface area (Å²) in [6.45, 7) is 2.03. The second kappa shape index (κ2) is 8.62. The summed E-state index contributed by atoms with van der Waals surface area (Å²) in [5, 5.41) is 34.0. The molecule has 8 heteroatoms. The van der Waals surface area contributed by atoms with Crippen molar-refractivity contribution in [2.24, 2.45) is 5.18 Å². The minimum atomic E-state index is -1.92. The maximum Gasteiger partial charge on any atom is 0.216 e. The maximum atomic E-state index is 12.0. The zero-order valence-corrected chi connectivity index (χ0v) is 13.7. The molecule has 4 N–H and O–H groups in total. The van der Waals surface area contributed by atoms with Crippen molar-refractivity contribution < 1.29 is 24.9 Å². The van der Waals surface area contributed by atoms with Gasteiger partial charge in [-0.1, -0.05) is 13.0 Å². The van der Waals surface area contributed by atoms with E-state index in [-0.39, 0.29) is 37.4 Å². The minimum Gasteiger partial charge on any atom is -0.508 e. The summed E-state index contributed by atoms with van der Waals surface area (Å²) in [5.74, 6) is -1.31. The molecule has 24 heavy (non-hydrogen) atoms. The molecule has 0 saturated carbocycles. The van der Waals surface area contributed by atoms with Crippen LogP contribution in [0, 0.1) is 4.91 Å². The van der Waals surface area contributed by atoms with Crippen LogP contribution in [0.25, 0.3) is 0 Å². The highest BCUT2D eigenvalue weighted by Crippen LogP contribution is 2.22. The first-order chi connectivity index (χ1) is 11.3. The van der Waals surface area contributed by atoms with E-state index in [0.717, 1.165) is 0 Å². The zero-order valence-electron chi connectivity index (χ0n) is 13.7. The van der Waals surface area contributed by atoms with Gasteiger partial charge in [-0.2, -0.15) is 0 Å². The van der Waals surface area contributed by atoms with Crippen LogP contribution in [0.1, 0.15) is 37.5 Å². The molecule has 8 nitrogen and oxygen atoms in total. The molecule has 132 valence electrons. The number of aromatic hydroxyl groups is 1. The first kappa shape index (κ1) is 19.9.